The summed E-state index contributed by atoms with van der Waals surface area (Å²) in [6.45, 7) is 1.62. The number of nitrogen functional groups attached to an aromatic ring is 2. The average Bonchev–Trinajstić information content (AvgIpc) is 2.96. The molecular weight excluding hydrogens is 390 g/mol. The summed E-state index contributed by atoms with van der Waals surface area (Å²) < 4.78 is 9.45. The number of carbonyl (C=O) groups excluding carboxylic acids is 4. The third-order valence-corrected chi connectivity index (χ3v) is 4.83. The second-order valence-corrected chi connectivity index (χ2v) is 6.65. The molecule has 0 saturated carbocycles. The van der Waals surface area contributed by atoms with E-state index >= 15 is 0 Å². The topological polar surface area (TPSA) is 142 Å². The molecule has 4 N–H and O–H groups in total. The van der Waals surface area contributed by atoms with Crippen LogP contribution in [-0.4, -0.2) is 42.5 Å². The highest BCUT2D eigenvalue weighted by Gasteiger charge is 2.41. The van der Waals surface area contributed by atoms with E-state index in [1.807, 2.05) is 0 Å². The number of methoxy groups -OCH3 is 1. The van der Waals surface area contributed by atoms with Crippen molar-refractivity contribution >= 4 is 35.3 Å². The van der Waals surface area contributed by atoms with Gasteiger partial charge in [0.25, 0.3) is 11.8 Å². The quantitative estimate of drug-likeness (QED) is 0.433. The summed E-state index contributed by atoms with van der Waals surface area (Å²) in [4.78, 5) is 49.0. The number of hydrogen-bond donors (Lipinski definition) is 2. The highest BCUT2D eigenvalue weighted by molar-refractivity contribution is 6.28. The number of imide groups is 3. The Hall–Kier alpha value is -3.88. The molecule has 3 rings (SSSR count). The Labute approximate surface area is 172 Å². The van der Waals surface area contributed by atoms with Crippen molar-refractivity contribution in [3.63, 3.8) is 0 Å². The van der Waals surface area contributed by atoms with Gasteiger partial charge in [-0.1, -0.05) is 6.07 Å². The molecule has 30 heavy (non-hydrogen) atoms. The van der Waals surface area contributed by atoms with Crippen molar-refractivity contribution in [1.82, 2.24) is 4.90 Å². The van der Waals surface area contributed by atoms with Gasteiger partial charge in [0.15, 0.2) is 0 Å². The summed E-state index contributed by atoms with van der Waals surface area (Å²) in [5.41, 5.74) is 14.8. The Kier molecular flexibility index (Phi) is 5.72. The molecule has 1 aliphatic rings. The largest absolute Gasteiger partial charge is 0.465 e. The molecule has 0 radical (unpaired) electrons. The van der Waals surface area contributed by atoms with Gasteiger partial charge in [0, 0.05) is 11.4 Å². The van der Waals surface area contributed by atoms with Crippen LogP contribution in [0.15, 0.2) is 30.3 Å². The van der Waals surface area contributed by atoms with Crippen LogP contribution in [0.5, 0.6) is 0 Å². The summed E-state index contributed by atoms with van der Waals surface area (Å²) in [5, 5.41) is 0. The molecule has 0 aromatic heterocycles. The normalized spacial score (nSPS) is 12.7. The number of benzene rings is 2. The van der Waals surface area contributed by atoms with Crippen LogP contribution in [-0.2, 0) is 22.3 Å². The first-order chi connectivity index (χ1) is 14.3. The maximum Gasteiger partial charge on any atom is 0.424 e. The summed E-state index contributed by atoms with van der Waals surface area (Å²) in [6, 6.07) is 7.79. The minimum atomic E-state index is -1.01. The molecule has 9 nitrogen and oxygen atoms in total. The van der Waals surface area contributed by atoms with Crippen LogP contribution in [0.2, 0.25) is 0 Å². The summed E-state index contributed by atoms with van der Waals surface area (Å²) in [6.07, 6.45) is -0.0934. The van der Waals surface area contributed by atoms with Gasteiger partial charge in [-0.15, -0.1) is 0 Å². The number of ether oxygens (including phenoxy) is 2. The Morgan fingerprint density at radius 2 is 1.53 bits per heavy atom. The zero-order valence-electron chi connectivity index (χ0n) is 16.6. The molecule has 1 heterocycles. The van der Waals surface area contributed by atoms with E-state index < -0.39 is 23.9 Å². The Morgan fingerprint density at radius 3 is 2.13 bits per heavy atom. The highest BCUT2D eigenvalue weighted by Crippen LogP contribution is 2.29. The maximum atomic E-state index is 12.5. The van der Waals surface area contributed by atoms with Crippen LogP contribution >= 0.6 is 0 Å². The van der Waals surface area contributed by atoms with Crippen LogP contribution in [0.4, 0.5) is 16.2 Å². The standard InChI is InChI=1S/C21H21N3O6/c1-3-30-21(28)24-18(25)14-8-12(17(23)10-15(14)19(24)26)6-4-11-5-7-13(9-16(11)22)20(27)29-2/h5,7-10H,3-4,6,22-23H2,1-2H3. The average molecular weight is 411 g/mol. The second kappa shape index (κ2) is 8.24. The lowest BCUT2D eigenvalue weighted by Gasteiger charge is -2.10. The fourth-order valence-corrected chi connectivity index (χ4v) is 3.26. The molecule has 0 saturated heterocycles. The minimum absolute atomic E-state index is 0.0375. The number of esters is 1. The predicted molar refractivity (Wildman–Crippen MR) is 108 cm³/mol. The van der Waals surface area contributed by atoms with Crippen LogP contribution in [0.3, 0.4) is 0 Å². The molecule has 0 fully saturated rings. The van der Waals surface area contributed by atoms with Gasteiger partial charge in [0.1, 0.15) is 0 Å². The Morgan fingerprint density at radius 1 is 0.933 bits per heavy atom. The fraction of sp³-hybridized carbons (Fsp3) is 0.238. The van der Waals surface area contributed by atoms with Gasteiger partial charge in [-0.3, -0.25) is 9.59 Å². The molecule has 156 valence electrons. The third kappa shape index (κ3) is 3.69. The van der Waals surface area contributed by atoms with E-state index in [1.54, 1.807) is 19.1 Å². The smallest absolute Gasteiger partial charge is 0.424 e. The van der Waals surface area contributed by atoms with E-state index in [0.717, 1.165) is 5.56 Å². The number of aryl methyl sites for hydroxylation is 2. The Balaban J connectivity index is 1.82. The van der Waals surface area contributed by atoms with E-state index in [4.69, 9.17) is 16.2 Å². The van der Waals surface area contributed by atoms with Gasteiger partial charge >= 0.3 is 12.1 Å². The van der Waals surface area contributed by atoms with E-state index in [2.05, 4.69) is 4.74 Å². The molecule has 3 amide bonds. The van der Waals surface area contributed by atoms with E-state index in [1.165, 1.54) is 25.3 Å². The van der Waals surface area contributed by atoms with Gasteiger partial charge in [-0.05, 0) is 55.2 Å². The van der Waals surface area contributed by atoms with Gasteiger partial charge in [0.2, 0.25) is 0 Å². The van der Waals surface area contributed by atoms with E-state index in [0.29, 0.717) is 40.2 Å². The lowest BCUT2D eigenvalue weighted by atomic mass is 9.97. The second-order valence-electron chi connectivity index (χ2n) is 6.65. The monoisotopic (exact) mass is 411 g/mol. The molecule has 0 atom stereocenters. The van der Waals surface area contributed by atoms with Crippen molar-refractivity contribution in [2.75, 3.05) is 25.2 Å². The minimum Gasteiger partial charge on any atom is -0.465 e. The van der Waals surface area contributed by atoms with E-state index in [-0.39, 0.29) is 17.7 Å². The highest BCUT2D eigenvalue weighted by atomic mass is 16.6. The zero-order valence-corrected chi connectivity index (χ0v) is 16.6. The summed E-state index contributed by atoms with van der Waals surface area (Å²) in [7, 11) is 1.29. The Bertz CT molecular complexity index is 1060. The number of anilines is 2. The molecule has 0 unspecified atom stereocenters. The van der Waals surface area contributed by atoms with Crippen LogP contribution in [0.25, 0.3) is 0 Å². The van der Waals surface area contributed by atoms with Crippen molar-refractivity contribution in [2.24, 2.45) is 0 Å². The van der Waals surface area contributed by atoms with Crippen molar-refractivity contribution in [1.29, 1.82) is 0 Å². The number of nitrogens with zero attached hydrogens (tertiary/aromatic N) is 1. The first-order valence-electron chi connectivity index (χ1n) is 9.23. The molecule has 2 aromatic rings. The third-order valence-electron chi connectivity index (χ3n) is 4.83. The van der Waals surface area contributed by atoms with Gasteiger partial charge < -0.3 is 20.9 Å². The predicted octanol–water partition coefficient (Wildman–Crippen LogP) is 2.18. The van der Waals surface area contributed by atoms with Crippen molar-refractivity contribution < 1.29 is 28.7 Å². The van der Waals surface area contributed by atoms with Crippen molar-refractivity contribution in [3.8, 4) is 0 Å². The SMILES string of the molecule is CCOC(=O)N1C(=O)c2cc(N)c(CCc3ccc(C(=O)OC)cc3N)cc2C1=O. The lowest BCUT2D eigenvalue weighted by Crippen LogP contribution is -2.36. The number of amides is 3. The molecule has 9 heteroatoms. The number of fused-ring (bicyclic) bond motifs is 1. The molecular formula is C21H21N3O6. The first kappa shape index (κ1) is 20.8. The van der Waals surface area contributed by atoms with Crippen molar-refractivity contribution in [3.05, 3.63) is 58.1 Å². The van der Waals surface area contributed by atoms with Crippen molar-refractivity contribution in [2.45, 2.75) is 19.8 Å². The lowest BCUT2D eigenvalue weighted by molar-refractivity contribution is 0.0584. The fourth-order valence-electron chi connectivity index (χ4n) is 3.26. The van der Waals surface area contributed by atoms with E-state index in [9.17, 15) is 19.2 Å². The molecule has 0 bridgehead atoms. The van der Waals surface area contributed by atoms with Crippen LogP contribution in [0.1, 0.15) is 49.1 Å². The first-order valence-corrected chi connectivity index (χ1v) is 9.23. The molecule has 0 spiro atoms. The summed E-state index contributed by atoms with van der Waals surface area (Å²) in [5.74, 6) is -1.98. The molecule has 2 aromatic carbocycles. The van der Waals surface area contributed by atoms with Gasteiger partial charge in [0.05, 0.1) is 30.4 Å². The van der Waals surface area contributed by atoms with Gasteiger partial charge in [-0.25, -0.2) is 9.59 Å². The number of carbonyl (C=O) groups is 4. The maximum absolute atomic E-state index is 12.5. The van der Waals surface area contributed by atoms with Crippen LogP contribution < -0.4 is 11.5 Å². The number of rotatable bonds is 5. The zero-order chi connectivity index (χ0) is 22.0. The van der Waals surface area contributed by atoms with Gasteiger partial charge in [-0.2, -0.15) is 4.90 Å². The molecule has 1 aliphatic heterocycles. The number of hydrogen-bond acceptors (Lipinski definition) is 8. The summed E-state index contributed by atoms with van der Waals surface area (Å²) >= 11 is 0. The number of nitrogens with two attached hydrogens (primary N) is 2. The molecule has 0 aliphatic carbocycles. The van der Waals surface area contributed by atoms with Crippen LogP contribution in [0, 0.1) is 0 Å².